The van der Waals surface area contributed by atoms with Crippen molar-refractivity contribution < 1.29 is 9.18 Å². The molecule has 3 aromatic rings. The first-order valence-electron chi connectivity index (χ1n) is 8.27. The van der Waals surface area contributed by atoms with E-state index in [0.717, 1.165) is 5.69 Å². The van der Waals surface area contributed by atoms with Gasteiger partial charge in [0.25, 0.3) is 0 Å². The highest BCUT2D eigenvalue weighted by Crippen LogP contribution is 2.28. The van der Waals surface area contributed by atoms with Gasteiger partial charge in [-0.25, -0.2) is 4.39 Å². The van der Waals surface area contributed by atoms with E-state index in [0.29, 0.717) is 23.0 Å². The topological polar surface area (TPSA) is 59.8 Å². The molecule has 1 aromatic heterocycles. The number of thioether (sulfide) groups is 1. The number of anilines is 1. The van der Waals surface area contributed by atoms with Crippen LogP contribution in [0, 0.1) is 5.82 Å². The summed E-state index contributed by atoms with van der Waals surface area (Å²) < 4.78 is 15.7. The number of aromatic nitrogens is 3. The van der Waals surface area contributed by atoms with Crippen molar-refractivity contribution in [3.63, 3.8) is 0 Å². The van der Waals surface area contributed by atoms with E-state index in [2.05, 4.69) is 15.5 Å². The normalized spacial score (nSPS) is 12.0. The maximum Gasteiger partial charge on any atom is 0.237 e. The molecule has 1 atom stereocenters. The van der Waals surface area contributed by atoms with Crippen LogP contribution in [-0.2, 0) is 11.8 Å². The molecule has 0 spiro atoms. The van der Waals surface area contributed by atoms with Crippen LogP contribution >= 0.6 is 11.8 Å². The van der Waals surface area contributed by atoms with E-state index >= 15 is 0 Å². The predicted octanol–water partition coefficient (Wildman–Crippen LogP) is 4.13. The number of para-hydroxylation sites is 1. The number of carbonyl (C=O) groups excluding carboxylic acids is 1. The Morgan fingerprint density at radius 3 is 2.54 bits per heavy atom. The maximum atomic E-state index is 14.0. The fourth-order valence-electron chi connectivity index (χ4n) is 2.49. The summed E-state index contributed by atoms with van der Waals surface area (Å²) in [6.07, 6.45) is 0.630. The quantitative estimate of drug-likeness (QED) is 0.663. The van der Waals surface area contributed by atoms with E-state index in [9.17, 15) is 9.18 Å². The number of benzene rings is 2. The minimum absolute atomic E-state index is 0.0980. The Hall–Kier alpha value is -2.67. The molecule has 3 rings (SSSR count). The summed E-state index contributed by atoms with van der Waals surface area (Å²) in [6.45, 7) is 1.94. The third-order valence-electron chi connectivity index (χ3n) is 3.90. The van der Waals surface area contributed by atoms with Gasteiger partial charge in [-0.05, 0) is 30.7 Å². The molecular weight excluding hydrogens is 351 g/mol. The number of hydrogen-bond acceptors (Lipinski definition) is 4. The Kier molecular flexibility index (Phi) is 5.68. The van der Waals surface area contributed by atoms with Gasteiger partial charge in [-0.3, -0.25) is 4.79 Å². The van der Waals surface area contributed by atoms with Gasteiger partial charge in [0.05, 0.1) is 10.8 Å². The SMILES string of the molecule is CC[C@@H](Sc1nnc(-c2ccccc2F)n1C)C(=O)Nc1ccccc1. The lowest BCUT2D eigenvalue weighted by atomic mass is 10.2. The van der Waals surface area contributed by atoms with Gasteiger partial charge in [0, 0.05) is 12.7 Å². The Morgan fingerprint density at radius 1 is 1.15 bits per heavy atom. The van der Waals surface area contributed by atoms with Crippen LogP contribution in [-0.4, -0.2) is 25.9 Å². The number of rotatable bonds is 6. The standard InChI is InChI=1S/C19H19FN4OS/c1-3-16(18(25)21-13-9-5-4-6-10-13)26-19-23-22-17(24(19)2)14-11-7-8-12-15(14)20/h4-12,16H,3H2,1-2H3,(H,21,25)/t16-/m1/s1. The number of carbonyl (C=O) groups is 1. The van der Waals surface area contributed by atoms with Crippen LogP contribution in [0.25, 0.3) is 11.4 Å². The summed E-state index contributed by atoms with van der Waals surface area (Å²) in [6, 6.07) is 15.7. The molecule has 0 saturated heterocycles. The highest BCUT2D eigenvalue weighted by Gasteiger charge is 2.22. The molecule has 2 aromatic carbocycles. The lowest BCUT2D eigenvalue weighted by molar-refractivity contribution is -0.115. The highest BCUT2D eigenvalue weighted by molar-refractivity contribution is 8.00. The highest BCUT2D eigenvalue weighted by atomic mass is 32.2. The van der Waals surface area contributed by atoms with Crippen LogP contribution in [0.15, 0.2) is 59.8 Å². The summed E-state index contributed by atoms with van der Waals surface area (Å²) in [5, 5.41) is 11.4. The summed E-state index contributed by atoms with van der Waals surface area (Å²) in [4.78, 5) is 12.5. The van der Waals surface area contributed by atoms with Crippen molar-refractivity contribution in [2.24, 2.45) is 7.05 Å². The van der Waals surface area contributed by atoms with Gasteiger partial charge in [0.15, 0.2) is 11.0 Å². The first-order chi connectivity index (χ1) is 12.6. The van der Waals surface area contributed by atoms with Crippen LogP contribution in [0.5, 0.6) is 0 Å². The van der Waals surface area contributed by atoms with Gasteiger partial charge in [-0.15, -0.1) is 10.2 Å². The van der Waals surface area contributed by atoms with E-state index in [1.54, 1.807) is 29.8 Å². The monoisotopic (exact) mass is 370 g/mol. The van der Waals surface area contributed by atoms with Gasteiger partial charge in [0.1, 0.15) is 5.82 Å². The minimum Gasteiger partial charge on any atom is -0.325 e. The Balaban J connectivity index is 1.77. The van der Waals surface area contributed by atoms with Crippen LogP contribution in [0.3, 0.4) is 0 Å². The van der Waals surface area contributed by atoms with Gasteiger partial charge in [0.2, 0.25) is 5.91 Å². The number of amides is 1. The number of halogens is 1. The zero-order valence-electron chi connectivity index (χ0n) is 14.5. The van der Waals surface area contributed by atoms with Gasteiger partial charge in [-0.1, -0.05) is 49.0 Å². The predicted molar refractivity (Wildman–Crippen MR) is 101 cm³/mol. The van der Waals surface area contributed by atoms with Crippen molar-refractivity contribution in [2.75, 3.05) is 5.32 Å². The summed E-state index contributed by atoms with van der Waals surface area (Å²) in [5.74, 6) is -0.0172. The van der Waals surface area contributed by atoms with E-state index in [4.69, 9.17) is 0 Å². The first-order valence-corrected chi connectivity index (χ1v) is 9.15. The first kappa shape index (κ1) is 18.1. The molecule has 0 aliphatic carbocycles. The van der Waals surface area contributed by atoms with Crippen molar-refractivity contribution in [3.8, 4) is 11.4 Å². The second-order valence-corrected chi connectivity index (χ2v) is 6.88. The molecule has 0 bridgehead atoms. The Morgan fingerprint density at radius 2 is 1.85 bits per heavy atom. The van der Waals surface area contributed by atoms with Gasteiger partial charge in [-0.2, -0.15) is 0 Å². The lowest BCUT2D eigenvalue weighted by Crippen LogP contribution is -2.25. The van der Waals surface area contributed by atoms with Crippen LogP contribution in [0.1, 0.15) is 13.3 Å². The summed E-state index contributed by atoms with van der Waals surface area (Å²) in [5.41, 5.74) is 1.14. The van der Waals surface area contributed by atoms with Crippen LogP contribution in [0.4, 0.5) is 10.1 Å². The Labute approximate surface area is 155 Å². The molecule has 5 nitrogen and oxygen atoms in total. The van der Waals surface area contributed by atoms with E-state index in [-0.39, 0.29) is 17.0 Å². The number of nitrogens with zero attached hydrogens (tertiary/aromatic N) is 3. The van der Waals surface area contributed by atoms with E-state index < -0.39 is 0 Å². The van der Waals surface area contributed by atoms with Crippen molar-refractivity contribution in [2.45, 2.75) is 23.8 Å². The zero-order valence-corrected chi connectivity index (χ0v) is 15.3. The molecule has 1 amide bonds. The fourth-order valence-corrected chi connectivity index (χ4v) is 3.41. The third-order valence-corrected chi connectivity index (χ3v) is 5.30. The average Bonchev–Trinajstić information content (AvgIpc) is 3.01. The molecule has 26 heavy (non-hydrogen) atoms. The lowest BCUT2D eigenvalue weighted by Gasteiger charge is -2.14. The van der Waals surface area contributed by atoms with Gasteiger partial charge >= 0.3 is 0 Å². The van der Waals surface area contributed by atoms with Crippen molar-refractivity contribution in [1.82, 2.24) is 14.8 Å². The number of nitrogens with one attached hydrogen (secondary N) is 1. The minimum atomic E-state index is -0.353. The molecule has 0 unspecified atom stereocenters. The molecular formula is C19H19FN4OS. The molecule has 7 heteroatoms. The maximum absolute atomic E-state index is 14.0. The second kappa shape index (κ2) is 8.14. The van der Waals surface area contributed by atoms with Crippen LogP contribution in [0.2, 0.25) is 0 Å². The smallest absolute Gasteiger partial charge is 0.237 e. The molecule has 0 fully saturated rings. The molecule has 0 radical (unpaired) electrons. The zero-order chi connectivity index (χ0) is 18.5. The summed E-state index contributed by atoms with van der Waals surface area (Å²) in [7, 11) is 1.77. The van der Waals surface area contributed by atoms with Crippen LogP contribution < -0.4 is 5.32 Å². The Bertz CT molecular complexity index is 898. The molecule has 134 valence electrons. The van der Waals surface area contributed by atoms with Gasteiger partial charge < -0.3 is 9.88 Å². The third kappa shape index (κ3) is 3.94. The largest absolute Gasteiger partial charge is 0.325 e. The van der Waals surface area contributed by atoms with E-state index in [1.807, 2.05) is 37.3 Å². The van der Waals surface area contributed by atoms with E-state index in [1.165, 1.54) is 17.8 Å². The molecule has 1 N–H and O–H groups in total. The van der Waals surface area contributed by atoms with Crippen molar-refractivity contribution in [1.29, 1.82) is 0 Å². The molecule has 0 aliphatic heterocycles. The van der Waals surface area contributed by atoms with Crippen molar-refractivity contribution in [3.05, 3.63) is 60.4 Å². The van der Waals surface area contributed by atoms with Crippen molar-refractivity contribution >= 4 is 23.4 Å². The molecule has 0 aliphatic rings. The molecule has 0 saturated carbocycles. The molecule has 1 heterocycles. The summed E-state index contributed by atoms with van der Waals surface area (Å²) >= 11 is 1.32. The second-order valence-electron chi connectivity index (χ2n) is 5.72. The number of hydrogen-bond donors (Lipinski definition) is 1. The fraction of sp³-hybridized carbons (Fsp3) is 0.211. The average molecular weight is 370 g/mol.